The molecule has 1 aromatic heterocycles. The number of halogens is 3. The van der Waals surface area contributed by atoms with Gasteiger partial charge < -0.3 is 10.0 Å². The van der Waals surface area contributed by atoms with Gasteiger partial charge in [-0.2, -0.15) is 0 Å². The Bertz CT molecular complexity index is 593. The molecule has 122 valence electrons. The van der Waals surface area contributed by atoms with E-state index in [1.165, 1.54) is 11.1 Å². The smallest absolute Gasteiger partial charge is 0.407 e. The number of nitrogens with zero attached hydrogens (tertiary/aromatic N) is 2. The Morgan fingerprint density at radius 3 is 2.73 bits per heavy atom. The molecule has 0 bridgehead atoms. The van der Waals surface area contributed by atoms with Crippen molar-refractivity contribution < 1.29 is 14.3 Å². The number of likely N-dealkylation sites (tertiary alicyclic amines) is 1. The highest BCUT2D eigenvalue weighted by molar-refractivity contribution is 9.10. The molecule has 1 amide bonds. The summed E-state index contributed by atoms with van der Waals surface area (Å²) in [5.41, 5.74) is -1.91. The average molecular weight is 394 g/mol. The standard InChI is InChI=1S/C15H19BrClFN2O2/c1-14(2,3)11-7-15(18,4-5-20(11)13(21)22)12-10(17)6-9(16)8-19-12/h6,8,11H,4-5,7H2,1-3H3,(H,21,22). The fraction of sp³-hybridized carbons (Fsp3) is 0.600. The Hall–Kier alpha value is -0.880. The van der Waals surface area contributed by atoms with Crippen molar-refractivity contribution in [3.63, 3.8) is 0 Å². The van der Waals surface area contributed by atoms with Gasteiger partial charge >= 0.3 is 6.09 Å². The average Bonchev–Trinajstić information content (AvgIpc) is 2.36. The van der Waals surface area contributed by atoms with Crippen molar-refractivity contribution in [2.24, 2.45) is 5.41 Å². The van der Waals surface area contributed by atoms with Gasteiger partial charge in [-0.05, 0) is 27.4 Å². The number of pyridine rings is 1. The lowest BCUT2D eigenvalue weighted by atomic mass is 9.74. The molecule has 1 aromatic rings. The minimum atomic E-state index is -1.72. The van der Waals surface area contributed by atoms with Crippen molar-refractivity contribution in [3.05, 3.63) is 27.5 Å². The first kappa shape index (κ1) is 17.5. The lowest BCUT2D eigenvalue weighted by Crippen LogP contribution is -2.55. The molecule has 7 heteroatoms. The number of carboxylic acid groups (broad SMARTS) is 1. The molecule has 1 fully saturated rings. The van der Waals surface area contributed by atoms with Crippen LogP contribution in [0.25, 0.3) is 0 Å². The van der Waals surface area contributed by atoms with Gasteiger partial charge in [0.2, 0.25) is 0 Å². The van der Waals surface area contributed by atoms with E-state index in [0.717, 1.165) is 0 Å². The molecule has 2 heterocycles. The number of hydrogen-bond donors (Lipinski definition) is 1. The second-order valence-corrected chi connectivity index (χ2v) is 8.08. The van der Waals surface area contributed by atoms with Gasteiger partial charge in [-0.25, -0.2) is 9.18 Å². The van der Waals surface area contributed by atoms with Crippen molar-refractivity contribution >= 4 is 33.6 Å². The molecule has 0 aromatic carbocycles. The number of hydrogen-bond acceptors (Lipinski definition) is 2. The van der Waals surface area contributed by atoms with Crippen molar-refractivity contribution in [1.82, 2.24) is 9.88 Å². The zero-order valence-corrected chi connectivity index (χ0v) is 15.1. The fourth-order valence-electron chi connectivity index (χ4n) is 2.93. The Morgan fingerprint density at radius 2 is 2.23 bits per heavy atom. The number of alkyl halides is 1. The van der Waals surface area contributed by atoms with Gasteiger partial charge in [-0.1, -0.05) is 32.4 Å². The largest absolute Gasteiger partial charge is 0.465 e. The van der Waals surface area contributed by atoms with Crippen LogP contribution in [0.5, 0.6) is 0 Å². The fourth-order valence-corrected chi connectivity index (χ4v) is 3.73. The molecule has 1 aliphatic rings. The molecule has 2 atom stereocenters. The number of aromatic nitrogens is 1. The summed E-state index contributed by atoms with van der Waals surface area (Å²) >= 11 is 9.41. The van der Waals surface area contributed by atoms with Crippen LogP contribution in [0, 0.1) is 5.41 Å². The Kier molecular flexibility index (Phi) is 4.74. The van der Waals surface area contributed by atoms with Gasteiger partial charge in [0.1, 0.15) is 0 Å². The summed E-state index contributed by atoms with van der Waals surface area (Å²) in [6.07, 6.45) is 0.604. The summed E-state index contributed by atoms with van der Waals surface area (Å²) in [6.45, 7) is 5.86. The monoisotopic (exact) mass is 392 g/mol. The maximum absolute atomic E-state index is 15.5. The van der Waals surface area contributed by atoms with Crippen LogP contribution in [0.4, 0.5) is 9.18 Å². The normalized spacial score (nSPS) is 26.1. The van der Waals surface area contributed by atoms with Gasteiger partial charge in [0.25, 0.3) is 0 Å². The van der Waals surface area contributed by atoms with E-state index in [9.17, 15) is 9.90 Å². The van der Waals surface area contributed by atoms with Crippen LogP contribution < -0.4 is 0 Å². The number of carbonyl (C=O) groups is 1. The molecule has 4 nitrogen and oxygen atoms in total. The Labute approximate surface area is 142 Å². The highest BCUT2D eigenvalue weighted by Gasteiger charge is 2.48. The van der Waals surface area contributed by atoms with Crippen molar-refractivity contribution in [1.29, 1.82) is 0 Å². The van der Waals surface area contributed by atoms with Crippen LogP contribution in [0.15, 0.2) is 16.7 Å². The molecular formula is C15H19BrClFN2O2. The van der Waals surface area contributed by atoms with Crippen LogP contribution in [0.1, 0.15) is 39.3 Å². The highest BCUT2D eigenvalue weighted by Crippen LogP contribution is 2.45. The minimum absolute atomic E-state index is 0.0527. The van der Waals surface area contributed by atoms with E-state index in [4.69, 9.17) is 11.6 Å². The predicted octanol–water partition coefficient (Wildman–Crippen LogP) is 4.85. The van der Waals surface area contributed by atoms with Crippen molar-refractivity contribution in [3.8, 4) is 0 Å². The molecule has 22 heavy (non-hydrogen) atoms. The molecule has 0 radical (unpaired) electrons. The van der Waals surface area contributed by atoms with Crippen LogP contribution in [-0.2, 0) is 5.67 Å². The van der Waals surface area contributed by atoms with E-state index in [1.54, 1.807) is 6.07 Å². The lowest BCUT2D eigenvalue weighted by Gasteiger charge is -2.46. The van der Waals surface area contributed by atoms with Crippen LogP contribution >= 0.6 is 27.5 Å². The first-order valence-corrected chi connectivity index (χ1v) is 8.22. The molecule has 0 aliphatic carbocycles. The Balaban J connectivity index is 2.39. The second-order valence-electron chi connectivity index (χ2n) is 6.76. The van der Waals surface area contributed by atoms with Gasteiger partial charge in [0, 0.05) is 36.1 Å². The summed E-state index contributed by atoms with van der Waals surface area (Å²) in [7, 11) is 0. The van der Waals surface area contributed by atoms with E-state index in [2.05, 4.69) is 20.9 Å². The SMILES string of the molecule is CC(C)(C)C1CC(F)(c2ncc(Br)cc2Cl)CCN1C(=O)O. The molecule has 0 saturated carbocycles. The molecule has 0 spiro atoms. The quantitative estimate of drug-likeness (QED) is 0.742. The zero-order chi connectivity index (χ0) is 16.7. The summed E-state index contributed by atoms with van der Waals surface area (Å²) in [5, 5.41) is 9.62. The van der Waals surface area contributed by atoms with Gasteiger partial charge in [-0.15, -0.1) is 0 Å². The first-order valence-electron chi connectivity index (χ1n) is 7.04. The van der Waals surface area contributed by atoms with Crippen LogP contribution in [0.3, 0.4) is 0 Å². The third-order valence-electron chi connectivity index (χ3n) is 4.12. The molecular weight excluding hydrogens is 375 g/mol. The summed E-state index contributed by atoms with van der Waals surface area (Å²) in [6, 6.07) is 1.17. The summed E-state index contributed by atoms with van der Waals surface area (Å²) in [4.78, 5) is 16.9. The molecule has 2 rings (SSSR count). The lowest BCUT2D eigenvalue weighted by molar-refractivity contribution is -0.0197. The minimum Gasteiger partial charge on any atom is -0.465 e. The van der Waals surface area contributed by atoms with Crippen LogP contribution in [0.2, 0.25) is 5.02 Å². The molecule has 1 aliphatic heterocycles. The van der Waals surface area contributed by atoms with Crippen molar-refractivity contribution in [2.75, 3.05) is 6.54 Å². The van der Waals surface area contributed by atoms with E-state index in [1.807, 2.05) is 20.8 Å². The third kappa shape index (κ3) is 3.38. The second kappa shape index (κ2) is 5.96. The molecule has 2 unspecified atom stereocenters. The number of piperidine rings is 1. The van der Waals surface area contributed by atoms with Crippen molar-refractivity contribution in [2.45, 2.75) is 45.3 Å². The zero-order valence-electron chi connectivity index (χ0n) is 12.7. The van der Waals surface area contributed by atoms with E-state index in [0.29, 0.717) is 4.47 Å². The van der Waals surface area contributed by atoms with Gasteiger partial charge in [0.15, 0.2) is 5.67 Å². The first-order chi connectivity index (χ1) is 10.0. The van der Waals surface area contributed by atoms with Gasteiger partial charge in [-0.3, -0.25) is 4.98 Å². The van der Waals surface area contributed by atoms with E-state index < -0.39 is 17.8 Å². The third-order valence-corrected chi connectivity index (χ3v) is 4.84. The van der Waals surface area contributed by atoms with E-state index in [-0.39, 0.29) is 35.5 Å². The maximum Gasteiger partial charge on any atom is 0.407 e. The topological polar surface area (TPSA) is 53.4 Å². The number of rotatable bonds is 1. The molecule has 1 N–H and O–H groups in total. The van der Waals surface area contributed by atoms with Crippen LogP contribution in [-0.4, -0.2) is 33.7 Å². The number of amides is 1. The summed E-state index contributed by atoms with van der Waals surface area (Å²) in [5.74, 6) is 0. The predicted molar refractivity (Wildman–Crippen MR) is 86.9 cm³/mol. The Morgan fingerprint density at radius 1 is 1.59 bits per heavy atom. The van der Waals surface area contributed by atoms with Gasteiger partial charge in [0.05, 0.1) is 10.7 Å². The summed E-state index contributed by atoms with van der Waals surface area (Å²) < 4.78 is 16.2. The van der Waals surface area contributed by atoms with E-state index >= 15 is 4.39 Å². The molecule has 1 saturated heterocycles. The highest BCUT2D eigenvalue weighted by atomic mass is 79.9. The maximum atomic E-state index is 15.5.